The minimum Gasteiger partial charge on any atom is -0.335 e. The van der Waals surface area contributed by atoms with Crippen LogP contribution in [-0.2, 0) is 6.54 Å². The Labute approximate surface area is 218 Å². The topological polar surface area (TPSA) is 99.3 Å². The van der Waals surface area contributed by atoms with Crippen molar-refractivity contribution in [3.63, 3.8) is 0 Å². The normalized spacial score (nSPS) is 14.4. The number of hydrogen-bond donors (Lipinski definition) is 2. The second-order valence-electron chi connectivity index (χ2n) is 9.76. The molecule has 1 aromatic carbocycles. The number of aromatic nitrogens is 7. The second kappa shape index (κ2) is 9.42. The lowest BCUT2D eigenvalue weighted by molar-refractivity contribution is 0.220. The van der Waals surface area contributed by atoms with Crippen LogP contribution in [0.2, 0.25) is 0 Å². The molecule has 0 unspecified atom stereocenters. The Morgan fingerprint density at radius 2 is 1.71 bits per heavy atom. The molecule has 38 heavy (non-hydrogen) atoms. The van der Waals surface area contributed by atoms with Gasteiger partial charge in [0.05, 0.1) is 28.4 Å². The summed E-state index contributed by atoms with van der Waals surface area (Å²) < 4.78 is 13.9. The molecule has 0 amide bonds. The van der Waals surface area contributed by atoms with Crippen LogP contribution in [0.1, 0.15) is 24.8 Å². The van der Waals surface area contributed by atoms with Gasteiger partial charge in [0.15, 0.2) is 11.5 Å². The number of hydrogen-bond acceptors (Lipinski definition) is 6. The van der Waals surface area contributed by atoms with Crippen molar-refractivity contribution in [1.29, 1.82) is 0 Å². The van der Waals surface area contributed by atoms with Crippen molar-refractivity contribution in [2.45, 2.75) is 25.8 Å². The summed E-state index contributed by atoms with van der Waals surface area (Å²) in [5.41, 5.74) is 8.01. The van der Waals surface area contributed by atoms with E-state index in [2.05, 4.69) is 36.1 Å². The van der Waals surface area contributed by atoms with E-state index >= 15 is 0 Å². The van der Waals surface area contributed by atoms with Gasteiger partial charge in [-0.25, -0.2) is 14.4 Å². The van der Waals surface area contributed by atoms with E-state index in [4.69, 9.17) is 9.97 Å². The number of nitrogens with zero attached hydrogens (tertiary/aromatic N) is 6. The highest BCUT2D eigenvalue weighted by Gasteiger charge is 2.18. The molecule has 5 aromatic heterocycles. The van der Waals surface area contributed by atoms with Crippen LogP contribution in [0.5, 0.6) is 0 Å². The zero-order valence-electron chi connectivity index (χ0n) is 20.7. The Morgan fingerprint density at radius 3 is 2.61 bits per heavy atom. The SMILES string of the molecule is Fc1cccc(-c2cncc3[nH]c(-c4n[nH]c5ccc(-c6cncc(CN7CCCCC7)c6)nc45)nc23)c1. The summed E-state index contributed by atoms with van der Waals surface area (Å²) in [4.78, 5) is 24.4. The molecule has 2 N–H and O–H groups in total. The van der Waals surface area contributed by atoms with Crippen LogP contribution >= 0.6 is 0 Å². The average molecular weight is 505 g/mol. The van der Waals surface area contributed by atoms with Crippen molar-refractivity contribution in [3.8, 4) is 33.9 Å². The molecule has 9 heteroatoms. The fourth-order valence-corrected chi connectivity index (χ4v) is 5.23. The number of rotatable bonds is 5. The smallest absolute Gasteiger partial charge is 0.161 e. The zero-order chi connectivity index (χ0) is 25.5. The Kier molecular flexibility index (Phi) is 5.62. The number of nitrogens with one attached hydrogen (secondary N) is 2. The van der Waals surface area contributed by atoms with Gasteiger partial charge in [-0.1, -0.05) is 18.6 Å². The Morgan fingerprint density at radius 1 is 0.816 bits per heavy atom. The van der Waals surface area contributed by atoms with Gasteiger partial charge in [0, 0.05) is 36.3 Å². The summed E-state index contributed by atoms with van der Waals surface area (Å²) >= 11 is 0. The van der Waals surface area contributed by atoms with Crippen LogP contribution < -0.4 is 0 Å². The quantitative estimate of drug-likeness (QED) is 0.310. The highest BCUT2D eigenvalue weighted by atomic mass is 19.1. The largest absolute Gasteiger partial charge is 0.335 e. The summed E-state index contributed by atoms with van der Waals surface area (Å²) in [6.45, 7) is 3.18. The number of H-pyrrole nitrogens is 2. The van der Waals surface area contributed by atoms with Crippen LogP contribution in [0.3, 0.4) is 0 Å². The summed E-state index contributed by atoms with van der Waals surface area (Å²) in [6.07, 6.45) is 11.0. The molecule has 0 radical (unpaired) electrons. The molecule has 1 aliphatic heterocycles. The van der Waals surface area contributed by atoms with Crippen LogP contribution in [-0.4, -0.2) is 53.1 Å². The van der Waals surface area contributed by atoms with Crippen molar-refractivity contribution in [3.05, 3.63) is 78.6 Å². The molecule has 1 saturated heterocycles. The fraction of sp³-hybridized carbons (Fsp3) is 0.207. The van der Waals surface area contributed by atoms with E-state index in [1.165, 1.54) is 37.0 Å². The molecule has 6 heterocycles. The van der Waals surface area contributed by atoms with E-state index in [-0.39, 0.29) is 5.82 Å². The molecule has 8 nitrogen and oxygen atoms in total. The van der Waals surface area contributed by atoms with E-state index in [0.29, 0.717) is 28.1 Å². The number of aromatic amines is 2. The summed E-state index contributed by atoms with van der Waals surface area (Å²) in [5.74, 6) is 0.262. The van der Waals surface area contributed by atoms with Crippen molar-refractivity contribution >= 4 is 22.1 Å². The maximum Gasteiger partial charge on any atom is 0.161 e. The zero-order valence-corrected chi connectivity index (χ0v) is 20.7. The average Bonchev–Trinajstić information content (AvgIpc) is 3.57. The first-order valence-corrected chi connectivity index (χ1v) is 12.8. The van der Waals surface area contributed by atoms with Gasteiger partial charge < -0.3 is 4.98 Å². The van der Waals surface area contributed by atoms with Crippen molar-refractivity contribution in [1.82, 2.24) is 40.0 Å². The molecule has 1 fully saturated rings. The van der Waals surface area contributed by atoms with E-state index < -0.39 is 0 Å². The number of halogens is 1. The van der Waals surface area contributed by atoms with E-state index in [0.717, 1.165) is 47.5 Å². The van der Waals surface area contributed by atoms with Gasteiger partial charge in [0.1, 0.15) is 11.3 Å². The molecule has 0 aliphatic carbocycles. The highest BCUT2D eigenvalue weighted by Crippen LogP contribution is 2.31. The first-order chi connectivity index (χ1) is 18.7. The molecule has 0 spiro atoms. The number of benzene rings is 1. The third-order valence-corrected chi connectivity index (χ3v) is 7.11. The molecule has 0 atom stereocenters. The Hall–Kier alpha value is -4.50. The number of fused-ring (bicyclic) bond motifs is 2. The highest BCUT2D eigenvalue weighted by molar-refractivity contribution is 5.95. The molecule has 188 valence electrons. The van der Waals surface area contributed by atoms with Gasteiger partial charge in [-0.15, -0.1) is 0 Å². The van der Waals surface area contributed by atoms with Crippen molar-refractivity contribution in [2.24, 2.45) is 0 Å². The van der Waals surface area contributed by atoms with E-state index in [1.807, 2.05) is 30.6 Å². The third kappa shape index (κ3) is 4.20. The predicted octanol–water partition coefficient (Wildman–Crippen LogP) is 5.75. The lowest BCUT2D eigenvalue weighted by Gasteiger charge is -2.26. The number of pyridine rings is 3. The molecular weight excluding hydrogens is 479 g/mol. The molecular formula is C29H25FN8. The minimum atomic E-state index is -0.306. The maximum absolute atomic E-state index is 13.9. The molecule has 7 rings (SSSR count). The minimum absolute atomic E-state index is 0.306. The Bertz CT molecular complexity index is 1770. The van der Waals surface area contributed by atoms with Gasteiger partial charge in [0.25, 0.3) is 0 Å². The van der Waals surface area contributed by atoms with Crippen LogP contribution in [0.4, 0.5) is 4.39 Å². The second-order valence-corrected chi connectivity index (χ2v) is 9.76. The summed E-state index contributed by atoms with van der Waals surface area (Å²) in [7, 11) is 0. The molecule has 0 saturated carbocycles. The van der Waals surface area contributed by atoms with E-state index in [1.54, 1.807) is 18.5 Å². The maximum atomic E-state index is 13.9. The van der Waals surface area contributed by atoms with Crippen LogP contribution in [0.25, 0.3) is 56.0 Å². The molecule has 0 bridgehead atoms. The van der Waals surface area contributed by atoms with Gasteiger partial charge in [-0.2, -0.15) is 5.10 Å². The first-order valence-electron chi connectivity index (χ1n) is 12.8. The lowest BCUT2D eigenvalue weighted by atomic mass is 10.1. The Balaban J connectivity index is 1.26. The van der Waals surface area contributed by atoms with Gasteiger partial charge >= 0.3 is 0 Å². The summed E-state index contributed by atoms with van der Waals surface area (Å²) in [5, 5.41) is 7.59. The lowest BCUT2D eigenvalue weighted by Crippen LogP contribution is -2.29. The van der Waals surface area contributed by atoms with E-state index in [9.17, 15) is 4.39 Å². The number of imidazole rings is 1. The fourth-order valence-electron chi connectivity index (χ4n) is 5.23. The number of piperidine rings is 1. The van der Waals surface area contributed by atoms with Crippen molar-refractivity contribution in [2.75, 3.05) is 13.1 Å². The van der Waals surface area contributed by atoms with Crippen molar-refractivity contribution < 1.29 is 4.39 Å². The monoisotopic (exact) mass is 504 g/mol. The standard InChI is InChI=1S/C29H25FN8/c30-21-6-4-5-19(12-21)22-15-32-16-25-26(22)35-29(34-25)28-27-24(36-37-28)8-7-23(33-27)20-11-18(13-31-14-20)17-38-9-2-1-3-10-38/h4-8,11-16H,1-3,9-10,17H2,(H,34,35)(H,36,37). The van der Waals surface area contributed by atoms with Crippen LogP contribution in [0.15, 0.2) is 67.3 Å². The molecule has 1 aliphatic rings. The predicted molar refractivity (Wildman–Crippen MR) is 145 cm³/mol. The van der Waals surface area contributed by atoms with Gasteiger partial charge in [-0.3, -0.25) is 20.0 Å². The number of likely N-dealkylation sites (tertiary alicyclic amines) is 1. The third-order valence-electron chi connectivity index (χ3n) is 7.11. The van der Waals surface area contributed by atoms with Gasteiger partial charge in [0.2, 0.25) is 0 Å². The summed E-state index contributed by atoms with van der Waals surface area (Å²) in [6, 6.07) is 12.6. The van der Waals surface area contributed by atoms with Gasteiger partial charge in [-0.05, 0) is 67.4 Å². The van der Waals surface area contributed by atoms with Crippen LogP contribution in [0, 0.1) is 5.82 Å². The molecule has 6 aromatic rings. The first kappa shape index (κ1) is 22.7.